The first kappa shape index (κ1) is 21.2. The van der Waals surface area contributed by atoms with E-state index >= 15 is 0 Å². The van der Waals surface area contributed by atoms with Gasteiger partial charge in [-0.1, -0.05) is 30.3 Å². The van der Waals surface area contributed by atoms with Crippen LogP contribution in [-0.4, -0.2) is 33.7 Å². The van der Waals surface area contributed by atoms with E-state index in [0.717, 1.165) is 42.3 Å². The summed E-state index contributed by atoms with van der Waals surface area (Å²) in [4.78, 5) is 9.01. The number of aromatic nitrogens is 3. The van der Waals surface area contributed by atoms with Crippen molar-refractivity contribution in [3.8, 4) is 0 Å². The Bertz CT molecular complexity index is 1110. The normalized spacial score (nSPS) is 11.6. The second kappa shape index (κ2) is 9.78. The van der Waals surface area contributed by atoms with E-state index in [-0.39, 0.29) is 24.0 Å². The molecule has 0 saturated carbocycles. The number of hydrogen-bond donors (Lipinski definition) is 2. The highest BCUT2D eigenvalue weighted by Gasteiger charge is 2.07. The summed E-state index contributed by atoms with van der Waals surface area (Å²) < 4.78 is 4.42. The molecule has 2 N–H and O–H groups in total. The molecule has 4 aromatic rings. The lowest BCUT2D eigenvalue weighted by Crippen LogP contribution is -2.38. The molecule has 0 aliphatic heterocycles. The summed E-state index contributed by atoms with van der Waals surface area (Å²) >= 11 is 0. The van der Waals surface area contributed by atoms with Gasteiger partial charge in [0.05, 0.1) is 17.6 Å². The first-order valence-electron chi connectivity index (χ1n) is 9.65. The predicted octanol–water partition coefficient (Wildman–Crippen LogP) is 3.90. The molecule has 4 rings (SSSR count). The van der Waals surface area contributed by atoms with Crippen molar-refractivity contribution < 1.29 is 0 Å². The smallest absolute Gasteiger partial charge is 0.191 e. The van der Waals surface area contributed by atoms with E-state index in [9.17, 15) is 0 Å². The molecule has 29 heavy (non-hydrogen) atoms. The summed E-state index contributed by atoms with van der Waals surface area (Å²) in [5, 5.41) is 8.04. The highest BCUT2D eigenvalue weighted by Crippen LogP contribution is 2.15. The minimum absolute atomic E-state index is 0. The van der Waals surface area contributed by atoms with Crippen LogP contribution >= 0.6 is 24.0 Å². The Kier molecular flexibility index (Phi) is 7.13. The third-order valence-electron chi connectivity index (χ3n) is 5.07. The quantitative estimate of drug-likeness (QED) is 0.182. The predicted molar refractivity (Wildman–Crippen MR) is 131 cm³/mol. The molecule has 0 radical (unpaired) electrons. The van der Waals surface area contributed by atoms with Crippen LogP contribution in [-0.2, 0) is 20.1 Å². The highest BCUT2D eigenvalue weighted by molar-refractivity contribution is 14.0. The van der Waals surface area contributed by atoms with Gasteiger partial charge in [-0.15, -0.1) is 24.0 Å². The lowest BCUT2D eigenvalue weighted by Gasteiger charge is -2.12. The van der Waals surface area contributed by atoms with Crippen LogP contribution in [0.5, 0.6) is 0 Å². The summed E-state index contributed by atoms with van der Waals surface area (Å²) in [5.41, 5.74) is 3.44. The van der Waals surface area contributed by atoms with Gasteiger partial charge in [0.15, 0.2) is 5.96 Å². The zero-order chi connectivity index (χ0) is 19.3. The van der Waals surface area contributed by atoms with Gasteiger partial charge >= 0.3 is 0 Å². The Labute approximate surface area is 188 Å². The van der Waals surface area contributed by atoms with Crippen LogP contribution in [0.15, 0.2) is 65.8 Å². The van der Waals surface area contributed by atoms with Crippen molar-refractivity contribution in [2.75, 3.05) is 13.6 Å². The SMILES string of the molecule is CN=C(NCCCn1ccc2ccccc21)NCc1nc2ccccc2n1C.I. The number of hydrogen-bond acceptors (Lipinski definition) is 2. The Hall–Kier alpha value is -2.55. The minimum Gasteiger partial charge on any atom is -0.356 e. The molecule has 0 aliphatic rings. The van der Waals surface area contributed by atoms with Crippen molar-refractivity contribution in [3.63, 3.8) is 0 Å². The maximum atomic E-state index is 4.69. The fourth-order valence-corrected chi connectivity index (χ4v) is 3.53. The lowest BCUT2D eigenvalue weighted by molar-refractivity contribution is 0.638. The maximum absolute atomic E-state index is 4.69. The van der Waals surface area contributed by atoms with E-state index < -0.39 is 0 Å². The fourth-order valence-electron chi connectivity index (χ4n) is 3.53. The Morgan fingerprint density at radius 1 is 1.00 bits per heavy atom. The summed E-state index contributed by atoms with van der Waals surface area (Å²) in [6.07, 6.45) is 3.18. The van der Waals surface area contributed by atoms with E-state index in [4.69, 9.17) is 4.98 Å². The van der Waals surface area contributed by atoms with Gasteiger partial charge in [0.1, 0.15) is 5.82 Å². The van der Waals surface area contributed by atoms with Crippen molar-refractivity contribution in [1.29, 1.82) is 0 Å². The molecule has 0 spiro atoms. The molecule has 2 heterocycles. The molecular weight excluding hydrogens is 475 g/mol. The molecule has 152 valence electrons. The molecule has 0 amide bonds. The molecule has 0 aliphatic carbocycles. The average molecular weight is 502 g/mol. The van der Waals surface area contributed by atoms with Gasteiger partial charge < -0.3 is 19.8 Å². The molecule has 0 fully saturated rings. The Balaban J connectivity index is 0.00000240. The molecular formula is C22H27IN6. The van der Waals surface area contributed by atoms with E-state index in [1.54, 1.807) is 7.05 Å². The molecule has 0 atom stereocenters. The average Bonchev–Trinajstić information content (AvgIpc) is 3.29. The van der Waals surface area contributed by atoms with E-state index in [1.807, 2.05) is 25.2 Å². The second-order valence-corrected chi connectivity index (χ2v) is 6.85. The molecule has 0 unspecified atom stereocenters. The first-order valence-corrected chi connectivity index (χ1v) is 9.65. The number of nitrogens with one attached hydrogen (secondary N) is 2. The van der Waals surface area contributed by atoms with Gasteiger partial charge in [-0.2, -0.15) is 0 Å². The van der Waals surface area contributed by atoms with Crippen molar-refractivity contribution in [2.24, 2.45) is 12.0 Å². The first-order chi connectivity index (χ1) is 13.8. The van der Waals surface area contributed by atoms with Crippen LogP contribution in [0, 0.1) is 0 Å². The van der Waals surface area contributed by atoms with Crippen LogP contribution in [0.1, 0.15) is 12.2 Å². The fraction of sp³-hybridized carbons (Fsp3) is 0.273. The van der Waals surface area contributed by atoms with Crippen molar-refractivity contribution in [3.05, 3.63) is 66.6 Å². The van der Waals surface area contributed by atoms with Gasteiger partial charge in [-0.25, -0.2) is 4.98 Å². The van der Waals surface area contributed by atoms with Crippen molar-refractivity contribution in [1.82, 2.24) is 24.8 Å². The molecule has 2 aromatic carbocycles. The third kappa shape index (κ3) is 4.72. The minimum atomic E-state index is 0. The number of fused-ring (bicyclic) bond motifs is 2. The largest absolute Gasteiger partial charge is 0.356 e. The van der Waals surface area contributed by atoms with Crippen LogP contribution in [0.25, 0.3) is 21.9 Å². The van der Waals surface area contributed by atoms with Gasteiger partial charge in [-0.3, -0.25) is 4.99 Å². The topological polar surface area (TPSA) is 59.2 Å². The van der Waals surface area contributed by atoms with E-state index in [0.29, 0.717) is 6.54 Å². The number of para-hydroxylation sites is 3. The van der Waals surface area contributed by atoms with Gasteiger partial charge in [-0.05, 0) is 36.1 Å². The van der Waals surface area contributed by atoms with E-state index in [2.05, 4.69) is 67.4 Å². The summed E-state index contributed by atoms with van der Waals surface area (Å²) in [7, 11) is 3.84. The molecule has 6 nitrogen and oxygen atoms in total. The monoisotopic (exact) mass is 502 g/mol. The van der Waals surface area contributed by atoms with Crippen LogP contribution in [0.4, 0.5) is 0 Å². The molecule has 0 bridgehead atoms. The number of imidazole rings is 1. The number of halogens is 1. The number of rotatable bonds is 6. The van der Waals surface area contributed by atoms with Crippen LogP contribution in [0.3, 0.4) is 0 Å². The number of benzene rings is 2. The van der Waals surface area contributed by atoms with E-state index in [1.165, 1.54) is 10.9 Å². The third-order valence-corrected chi connectivity index (χ3v) is 5.07. The van der Waals surface area contributed by atoms with Crippen LogP contribution in [0.2, 0.25) is 0 Å². The number of aryl methyl sites for hydroxylation is 2. The standard InChI is InChI=1S/C22H26N6.HI/c1-23-22(25-16-21-26-18-9-4-6-11-20(18)27(21)2)24-13-7-14-28-15-12-17-8-3-5-10-19(17)28;/h3-6,8-12,15H,7,13-14,16H2,1-2H3,(H2,23,24,25);1H. The Morgan fingerprint density at radius 2 is 1.76 bits per heavy atom. The highest BCUT2D eigenvalue weighted by atomic mass is 127. The van der Waals surface area contributed by atoms with Crippen molar-refractivity contribution >= 4 is 51.9 Å². The lowest BCUT2D eigenvalue weighted by atomic mass is 10.2. The molecule has 2 aromatic heterocycles. The molecule has 0 saturated heterocycles. The van der Waals surface area contributed by atoms with Crippen LogP contribution < -0.4 is 10.6 Å². The number of guanidine groups is 1. The summed E-state index contributed by atoms with van der Waals surface area (Å²) in [6.45, 7) is 2.46. The zero-order valence-corrected chi connectivity index (χ0v) is 19.1. The van der Waals surface area contributed by atoms with Gasteiger partial charge in [0.25, 0.3) is 0 Å². The summed E-state index contributed by atoms with van der Waals surface area (Å²) in [6, 6.07) is 18.8. The zero-order valence-electron chi connectivity index (χ0n) is 16.8. The van der Waals surface area contributed by atoms with Gasteiger partial charge in [0, 0.05) is 38.9 Å². The summed E-state index contributed by atoms with van der Waals surface area (Å²) in [5.74, 6) is 1.78. The molecule has 7 heteroatoms. The number of aliphatic imine (C=N–C) groups is 1. The second-order valence-electron chi connectivity index (χ2n) is 6.85. The Morgan fingerprint density at radius 3 is 2.55 bits per heavy atom. The number of nitrogens with zero attached hydrogens (tertiary/aromatic N) is 4. The maximum Gasteiger partial charge on any atom is 0.191 e. The van der Waals surface area contributed by atoms with Crippen molar-refractivity contribution in [2.45, 2.75) is 19.5 Å². The van der Waals surface area contributed by atoms with Gasteiger partial charge in [0.2, 0.25) is 0 Å².